The summed E-state index contributed by atoms with van der Waals surface area (Å²) in [6, 6.07) is 8.15. The lowest BCUT2D eigenvalue weighted by atomic mass is 10.0. The van der Waals surface area contributed by atoms with Gasteiger partial charge in [0.1, 0.15) is 0 Å². The van der Waals surface area contributed by atoms with E-state index in [0.29, 0.717) is 12.5 Å². The fraction of sp³-hybridized carbons (Fsp3) is 0.533. The Bertz CT molecular complexity index is 422. The van der Waals surface area contributed by atoms with Crippen LogP contribution in [0.25, 0.3) is 0 Å². The minimum absolute atomic E-state index is 0. The zero-order valence-corrected chi connectivity index (χ0v) is 12.2. The number of rotatable bonds is 5. The van der Waals surface area contributed by atoms with Gasteiger partial charge in [0.05, 0.1) is 6.04 Å². The second kappa shape index (κ2) is 7.51. The van der Waals surface area contributed by atoms with E-state index in [1.54, 1.807) is 0 Å². The molecule has 106 valence electrons. The Morgan fingerprint density at radius 2 is 2.21 bits per heavy atom. The molecule has 0 bridgehead atoms. The van der Waals surface area contributed by atoms with Gasteiger partial charge in [0.15, 0.2) is 0 Å². The molecule has 4 heteroatoms. The van der Waals surface area contributed by atoms with Crippen molar-refractivity contribution in [3.05, 3.63) is 35.4 Å². The summed E-state index contributed by atoms with van der Waals surface area (Å²) in [5.74, 6) is 0.445. The molecule has 1 aromatic carbocycles. The molecule has 3 nitrogen and oxygen atoms in total. The van der Waals surface area contributed by atoms with E-state index in [0.717, 1.165) is 25.7 Å². The Hall–Kier alpha value is -1.06. The van der Waals surface area contributed by atoms with Crippen LogP contribution in [0.15, 0.2) is 24.3 Å². The highest BCUT2D eigenvalue weighted by Crippen LogP contribution is 2.32. The Kier molecular flexibility index (Phi) is 6.32. The van der Waals surface area contributed by atoms with Crippen LogP contribution in [0.5, 0.6) is 0 Å². The summed E-state index contributed by atoms with van der Waals surface area (Å²) in [5.41, 5.74) is 8.61. The Morgan fingerprint density at radius 1 is 1.47 bits per heavy atom. The molecule has 0 radical (unpaired) electrons. The number of hydrogen-bond acceptors (Lipinski definition) is 2. The molecular formula is C15H23ClN2O. The summed E-state index contributed by atoms with van der Waals surface area (Å²) in [7, 11) is 0. The van der Waals surface area contributed by atoms with E-state index in [-0.39, 0.29) is 24.4 Å². The van der Waals surface area contributed by atoms with Gasteiger partial charge < -0.3 is 11.1 Å². The smallest absolute Gasteiger partial charge is 0.236 e. The van der Waals surface area contributed by atoms with E-state index >= 15 is 0 Å². The molecule has 1 aliphatic carbocycles. The standard InChI is InChI=1S/C15H22N2O.ClH/c1-2-5-14(16)15(18)17-10-12-9-8-11-6-3-4-7-13(11)12;/h3-4,6-7,12,14H,2,5,8-10,16H2,1H3,(H,17,18);1H. The predicted molar refractivity (Wildman–Crippen MR) is 80.6 cm³/mol. The maximum absolute atomic E-state index is 11.8. The molecule has 0 saturated carbocycles. The van der Waals surface area contributed by atoms with Crippen LogP contribution in [0, 0.1) is 0 Å². The minimum Gasteiger partial charge on any atom is -0.354 e. The van der Waals surface area contributed by atoms with Crippen LogP contribution >= 0.6 is 12.4 Å². The van der Waals surface area contributed by atoms with E-state index in [1.165, 1.54) is 11.1 Å². The van der Waals surface area contributed by atoms with E-state index in [4.69, 9.17) is 5.73 Å². The van der Waals surface area contributed by atoms with Crippen molar-refractivity contribution in [1.82, 2.24) is 5.32 Å². The molecule has 19 heavy (non-hydrogen) atoms. The fourth-order valence-electron chi connectivity index (χ4n) is 2.65. The molecule has 0 saturated heterocycles. The van der Waals surface area contributed by atoms with Gasteiger partial charge in [0.2, 0.25) is 5.91 Å². The summed E-state index contributed by atoms with van der Waals surface area (Å²) in [5, 5.41) is 2.99. The lowest BCUT2D eigenvalue weighted by Crippen LogP contribution is -2.41. The maximum Gasteiger partial charge on any atom is 0.236 e. The van der Waals surface area contributed by atoms with Gasteiger partial charge in [-0.05, 0) is 30.4 Å². The van der Waals surface area contributed by atoms with Gasteiger partial charge in [0.25, 0.3) is 0 Å². The highest BCUT2D eigenvalue weighted by Gasteiger charge is 2.22. The second-order valence-electron chi connectivity index (χ2n) is 5.07. The second-order valence-corrected chi connectivity index (χ2v) is 5.07. The first kappa shape index (κ1) is 16.0. The van der Waals surface area contributed by atoms with Gasteiger partial charge in [0, 0.05) is 12.5 Å². The number of nitrogens with one attached hydrogen (secondary N) is 1. The van der Waals surface area contributed by atoms with Crippen LogP contribution in [-0.2, 0) is 11.2 Å². The fourth-order valence-corrected chi connectivity index (χ4v) is 2.65. The molecular weight excluding hydrogens is 260 g/mol. The molecule has 3 N–H and O–H groups in total. The SMILES string of the molecule is CCCC(N)C(=O)NCC1CCc2ccccc21.Cl. The normalized spacial score (nSPS) is 18.3. The Morgan fingerprint density at radius 3 is 2.95 bits per heavy atom. The molecule has 1 aromatic rings. The van der Waals surface area contributed by atoms with Crippen LogP contribution in [-0.4, -0.2) is 18.5 Å². The topological polar surface area (TPSA) is 55.1 Å². The van der Waals surface area contributed by atoms with E-state index in [9.17, 15) is 4.79 Å². The van der Waals surface area contributed by atoms with Crippen molar-refractivity contribution in [2.75, 3.05) is 6.54 Å². The van der Waals surface area contributed by atoms with Crippen molar-refractivity contribution in [1.29, 1.82) is 0 Å². The van der Waals surface area contributed by atoms with E-state index < -0.39 is 0 Å². The first-order valence-electron chi connectivity index (χ1n) is 6.83. The highest BCUT2D eigenvalue weighted by molar-refractivity contribution is 5.85. The van der Waals surface area contributed by atoms with Gasteiger partial charge >= 0.3 is 0 Å². The van der Waals surface area contributed by atoms with Crippen molar-refractivity contribution in [2.45, 2.75) is 44.6 Å². The first-order valence-corrected chi connectivity index (χ1v) is 6.83. The number of benzene rings is 1. The summed E-state index contributed by atoms with van der Waals surface area (Å²) >= 11 is 0. The van der Waals surface area contributed by atoms with E-state index in [2.05, 4.69) is 29.6 Å². The number of carbonyl (C=O) groups is 1. The van der Waals surface area contributed by atoms with Crippen LogP contribution in [0.1, 0.15) is 43.2 Å². The van der Waals surface area contributed by atoms with Crippen LogP contribution in [0.3, 0.4) is 0 Å². The number of halogens is 1. The van der Waals surface area contributed by atoms with Crippen LogP contribution in [0.2, 0.25) is 0 Å². The largest absolute Gasteiger partial charge is 0.354 e. The van der Waals surface area contributed by atoms with Gasteiger partial charge in [-0.3, -0.25) is 4.79 Å². The Balaban J connectivity index is 0.00000180. The van der Waals surface area contributed by atoms with Gasteiger partial charge in [-0.25, -0.2) is 0 Å². The summed E-state index contributed by atoms with van der Waals surface area (Å²) in [6.07, 6.45) is 3.95. The van der Waals surface area contributed by atoms with E-state index in [1.807, 2.05) is 6.92 Å². The number of amides is 1. The molecule has 0 aliphatic heterocycles. The minimum atomic E-state index is -0.355. The molecule has 0 spiro atoms. The van der Waals surface area contributed by atoms with Crippen molar-refractivity contribution >= 4 is 18.3 Å². The predicted octanol–water partition coefficient (Wildman–Crippen LogP) is 2.38. The molecule has 1 amide bonds. The average molecular weight is 283 g/mol. The molecule has 0 heterocycles. The zero-order chi connectivity index (χ0) is 13.0. The maximum atomic E-state index is 11.8. The van der Waals surface area contributed by atoms with Crippen LogP contribution < -0.4 is 11.1 Å². The summed E-state index contributed by atoms with van der Waals surface area (Å²) in [4.78, 5) is 11.8. The lowest BCUT2D eigenvalue weighted by Gasteiger charge is -2.15. The highest BCUT2D eigenvalue weighted by atomic mass is 35.5. The van der Waals surface area contributed by atoms with Gasteiger partial charge in [-0.2, -0.15) is 0 Å². The third-order valence-corrected chi connectivity index (χ3v) is 3.72. The molecule has 2 unspecified atom stereocenters. The first-order chi connectivity index (χ1) is 8.72. The third kappa shape index (κ3) is 3.95. The quantitative estimate of drug-likeness (QED) is 0.871. The molecule has 2 atom stereocenters. The molecule has 0 fully saturated rings. The number of nitrogens with two attached hydrogens (primary N) is 1. The van der Waals surface area contributed by atoms with Gasteiger partial charge in [-0.1, -0.05) is 37.6 Å². The monoisotopic (exact) mass is 282 g/mol. The number of hydrogen-bond donors (Lipinski definition) is 2. The van der Waals surface area contributed by atoms with Crippen molar-refractivity contribution in [3.63, 3.8) is 0 Å². The number of aryl methyl sites for hydroxylation is 1. The summed E-state index contributed by atoms with van der Waals surface area (Å²) < 4.78 is 0. The van der Waals surface area contributed by atoms with Crippen molar-refractivity contribution in [2.24, 2.45) is 5.73 Å². The molecule has 2 rings (SSSR count). The lowest BCUT2D eigenvalue weighted by molar-refractivity contribution is -0.122. The summed E-state index contributed by atoms with van der Waals surface area (Å²) in [6.45, 7) is 2.76. The van der Waals surface area contributed by atoms with Crippen molar-refractivity contribution in [3.8, 4) is 0 Å². The van der Waals surface area contributed by atoms with Crippen molar-refractivity contribution < 1.29 is 4.79 Å². The Labute approximate surface area is 121 Å². The third-order valence-electron chi connectivity index (χ3n) is 3.72. The van der Waals surface area contributed by atoms with Gasteiger partial charge in [-0.15, -0.1) is 12.4 Å². The molecule has 0 aromatic heterocycles. The average Bonchev–Trinajstić information content (AvgIpc) is 2.79. The number of carbonyl (C=O) groups excluding carboxylic acids is 1. The van der Waals surface area contributed by atoms with Crippen LogP contribution in [0.4, 0.5) is 0 Å². The molecule has 1 aliphatic rings. The zero-order valence-electron chi connectivity index (χ0n) is 11.4. The number of fused-ring (bicyclic) bond motifs is 1.